The maximum atomic E-state index is 12.2. The molecule has 1 aromatic carbocycles. The molecule has 1 N–H and O–H groups in total. The molecule has 1 aliphatic rings. The molecule has 0 aromatic heterocycles. The van der Waals surface area contributed by atoms with Gasteiger partial charge in [-0.05, 0) is 37.6 Å². The average molecular weight is 320 g/mol. The molecule has 0 spiro atoms. The van der Waals surface area contributed by atoms with Gasteiger partial charge in [0.1, 0.15) is 0 Å². The molecule has 0 amide bonds. The number of halogens is 1. The van der Waals surface area contributed by atoms with Crippen LogP contribution in [0.1, 0.15) is 13.3 Å². The second-order valence-electron chi connectivity index (χ2n) is 4.54. The van der Waals surface area contributed by atoms with Crippen LogP contribution in [0.5, 0.6) is 0 Å². The average Bonchev–Trinajstić information content (AvgIpc) is 2.60. The van der Waals surface area contributed by atoms with E-state index in [4.69, 9.17) is 0 Å². The van der Waals surface area contributed by atoms with E-state index in [1.165, 1.54) is 4.31 Å². The summed E-state index contributed by atoms with van der Waals surface area (Å²) in [5.41, 5.74) is -0.914. The molecule has 94 valence electrons. The molecule has 1 fully saturated rings. The van der Waals surface area contributed by atoms with E-state index >= 15 is 0 Å². The highest BCUT2D eigenvalue weighted by Gasteiger charge is 2.38. The fraction of sp³-hybridized carbons (Fsp3) is 0.455. The standard InChI is InChI=1S/C11H14BrNO3S/c1-11(14)6-7-13(8-11)17(15,16)10-4-2-9(12)3-5-10/h2-5,14H,6-8H2,1H3. The number of benzene rings is 1. The van der Waals surface area contributed by atoms with E-state index in [0.717, 1.165) is 4.47 Å². The topological polar surface area (TPSA) is 57.6 Å². The molecular formula is C11H14BrNO3S. The Hall–Kier alpha value is -0.430. The normalized spacial score (nSPS) is 26.3. The predicted octanol–water partition coefficient (Wildman–Crippen LogP) is 1.59. The van der Waals surface area contributed by atoms with Crippen molar-refractivity contribution in [2.45, 2.75) is 23.8 Å². The molecule has 1 unspecified atom stereocenters. The summed E-state index contributed by atoms with van der Waals surface area (Å²) >= 11 is 3.27. The van der Waals surface area contributed by atoms with E-state index < -0.39 is 15.6 Å². The zero-order chi connectivity index (χ0) is 12.7. The summed E-state index contributed by atoms with van der Waals surface area (Å²) in [7, 11) is -3.47. The van der Waals surface area contributed by atoms with Crippen molar-refractivity contribution in [1.29, 1.82) is 0 Å². The highest BCUT2D eigenvalue weighted by molar-refractivity contribution is 9.10. The lowest BCUT2D eigenvalue weighted by Gasteiger charge is -2.18. The van der Waals surface area contributed by atoms with Gasteiger partial charge in [-0.3, -0.25) is 0 Å². The monoisotopic (exact) mass is 319 g/mol. The second kappa shape index (κ2) is 4.35. The fourth-order valence-electron chi connectivity index (χ4n) is 1.86. The van der Waals surface area contributed by atoms with Crippen molar-refractivity contribution in [3.05, 3.63) is 28.7 Å². The van der Waals surface area contributed by atoms with Gasteiger partial charge in [0.05, 0.1) is 10.5 Å². The molecule has 0 saturated carbocycles. The molecular weight excluding hydrogens is 306 g/mol. The second-order valence-corrected chi connectivity index (χ2v) is 7.39. The summed E-state index contributed by atoms with van der Waals surface area (Å²) in [6.45, 7) is 2.18. The molecule has 1 aliphatic heterocycles. The van der Waals surface area contributed by atoms with Gasteiger partial charge in [0.2, 0.25) is 10.0 Å². The van der Waals surface area contributed by atoms with Gasteiger partial charge < -0.3 is 5.11 Å². The van der Waals surface area contributed by atoms with Crippen LogP contribution in [-0.2, 0) is 10.0 Å². The first-order valence-electron chi connectivity index (χ1n) is 5.29. The minimum Gasteiger partial charge on any atom is -0.389 e. The lowest BCUT2D eigenvalue weighted by molar-refractivity contribution is 0.0762. The number of β-amino-alcohol motifs (C(OH)–C–C–N with tert-alkyl or cyclic N) is 1. The molecule has 0 bridgehead atoms. The van der Waals surface area contributed by atoms with E-state index in [0.29, 0.717) is 13.0 Å². The minimum absolute atomic E-state index is 0.158. The quantitative estimate of drug-likeness (QED) is 0.900. The Morgan fingerprint density at radius 1 is 1.35 bits per heavy atom. The molecule has 6 heteroatoms. The molecule has 1 saturated heterocycles. The third-order valence-corrected chi connectivity index (χ3v) is 5.26. The molecule has 1 atom stereocenters. The zero-order valence-corrected chi connectivity index (χ0v) is 11.8. The number of aliphatic hydroxyl groups is 1. The number of nitrogens with zero attached hydrogens (tertiary/aromatic N) is 1. The van der Waals surface area contributed by atoms with E-state index in [2.05, 4.69) is 15.9 Å². The van der Waals surface area contributed by atoms with Crippen LogP contribution >= 0.6 is 15.9 Å². The predicted molar refractivity (Wildman–Crippen MR) is 68.1 cm³/mol. The van der Waals surface area contributed by atoms with Crippen molar-refractivity contribution in [2.24, 2.45) is 0 Å². The molecule has 0 aliphatic carbocycles. The van der Waals surface area contributed by atoms with Crippen molar-refractivity contribution in [2.75, 3.05) is 13.1 Å². The summed E-state index contributed by atoms with van der Waals surface area (Å²) in [5, 5.41) is 9.81. The first-order chi connectivity index (χ1) is 7.81. The SMILES string of the molecule is CC1(O)CCN(S(=O)(=O)c2ccc(Br)cc2)C1. The Labute approximate surface area is 109 Å². The van der Waals surface area contributed by atoms with Crippen molar-refractivity contribution >= 4 is 26.0 Å². The summed E-state index contributed by atoms with van der Waals surface area (Å²) < 4.78 is 26.6. The van der Waals surface area contributed by atoms with E-state index in [1.54, 1.807) is 31.2 Å². The fourth-order valence-corrected chi connectivity index (χ4v) is 3.69. The first kappa shape index (κ1) is 13.0. The van der Waals surface area contributed by atoms with Crippen LogP contribution in [-0.4, -0.2) is 36.5 Å². The maximum absolute atomic E-state index is 12.2. The summed E-state index contributed by atoms with van der Waals surface area (Å²) in [4.78, 5) is 0.262. The summed E-state index contributed by atoms with van der Waals surface area (Å²) in [6.07, 6.45) is 0.475. The highest BCUT2D eigenvalue weighted by Crippen LogP contribution is 2.27. The lowest BCUT2D eigenvalue weighted by Crippen LogP contribution is -2.33. The van der Waals surface area contributed by atoms with Gasteiger partial charge in [0, 0.05) is 17.6 Å². The molecule has 2 rings (SSSR count). The molecule has 0 radical (unpaired) electrons. The van der Waals surface area contributed by atoms with Gasteiger partial charge in [0.15, 0.2) is 0 Å². The first-order valence-corrected chi connectivity index (χ1v) is 7.53. The Morgan fingerprint density at radius 3 is 2.41 bits per heavy atom. The summed E-state index contributed by atoms with van der Waals surface area (Å²) in [6, 6.07) is 6.51. The van der Waals surface area contributed by atoms with Crippen LogP contribution in [0.2, 0.25) is 0 Å². The molecule has 4 nitrogen and oxygen atoms in total. The number of sulfonamides is 1. The van der Waals surface area contributed by atoms with Gasteiger partial charge in [0.25, 0.3) is 0 Å². The smallest absolute Gasteiger partial charge is 0.243 e. The Balaban J connectivity index is 2.29. The van der Waals surface area contributed by atoms with E-state index in [-0.39, 0.29) is 11.4 Å². The third-order valence-electron chi connectivity index (χ3n) is 2.87. The molecule has 1 aromatic rings. The van der Waals surface area contributed by atoms with Crippen molar-refractivity contribution in [3.63, 3.8) is 0 Å². The van der Waals surface area contributed by atoms with Gasteiger partial charge >= 0.3 is 0 Å². The van der Waals surface area contributed by atoms with Gasteiger partial charge in [-0.25, -0.2) is 8.42 Å². The van der Waals surface area contributed by atoms with Gasteiger partial charge in [-0.2, -0.15) is 4.31 Å². The largest absolute Gasteiger partial charge is 0.389 e. The van der Waals surface area contributed by atoms with Crippen LogP contribution in [0.15, 0.2) is 33.6 Å². The zero-order valence-electron chi connectivity index (χ0n) is 9.43. The van der Waals surface area contributed by atoms with Crippen LogP contribution in [0.4, 0.5) is 0 Å². The third kappa shape index (κ3) is 2.70. The van der Waals surface area contributed by atoms with E-state index in [1.807, 2.05) is 0 Å². The van der Waals surface area contributed by atoms with Crippen molar-refractivity contribution < 1.29 is 13.5 Å². The van der Waals surface area contributed by atoms with Crippen LogP contribution in [0.3, 0.4) is 0 Å². The molecule has 17 heavy (non-hydrogen) atoms. The molecule has 1 heterocycles. The van der Waals surface area contributed by atoms with Crippen molar-refractivity contribution in [1.82, 2.24) is 4.31 Å². The Kier molecular flexibility index (Phi) is 3.33. The minimum atomic E-state index is -3.47. The number of hydrogen-bond acceptors (Lipinski definition) is 3. The Bertz CT molecular complexity index is 510. The van der Waals surface area contributed by atoms with Crippen LogP contribution < -0.4 is 0 Å². The van der Waals surface area contributed by atoms with Crippen LogP contribution in [0, 0.1) is 0 Å². The van der Waals surface area contributed by atoms with Crippen LogP contribution in [0.25, 0.3) is 0 Å². The van der Waals surface area contributed by atoms with Gasteiger partial charge in [-0.15, -0.1) is 0 Å². The Morgan fingerprint density at radius 2 is 1.94 bits per heavy atom. The number of hydrogen-bond donors (Lipinski definition) is 1. The lowest BCUT2D eigenvalue weighted by atomic mass is 10.1. The van der Waals surface area contributed by atoms with Crippen molar-refractivity contribution in [3.8, 4) is 0 Å². The highest BCUT2D eigenvalue weighted by atomic mass is 79.9. The summed E-state index contributed by atoms with van der Waals surface area (Å²) in [5.74, 6) is 0. The number of rotatable bonds is 2. The van der Waals surface area contributed by atoms with E-state index in [9.17, 15) is 13.5 Å². The van der Waals surface area contributed by atoms with Gasteiger partial charge in [-0.1, -0.05) is 15.9 Å². The maximum Gasteiger partial charge on any atom is 0.243 e.